The molecule has 0 unspecified atom stereocenters. The second-order valence-electron chi connectivity index (χ2n) is 2.03. The zero-order chi connectivity index (χ0) is 8.43. The second-order valence-corrected chi connectivity index (χ2v) is 2.30. The van der Waals surface area contributed by atoms with E-state index in [0.717, 1.165) is 6.07 Å². The molecule has 0 aromatic heterocycles. The Morgan fingerprint density at radius 2 is 2.00 bits per heavy atom. The highest BCUT2D eigenvalue weighted by molar-refractivity contribution is 6.17. The van der Waals surface area contributed by atoms with E-state index in [1.807, 2.05) is 0 Å². The molecule has 11 heavy (non-hydrogen) atoms. The van der Waals surface area contributed by atoms with Crippen LogP contribution in [0.4, 0.5) is 8.78 Å². The molecule has 0 aliphatic heterocycles. The molecule has 0 saturated heterocycles. The molecule has 0 atom stereocenters. The highest BCUT2D eigenvalue weighted by atomic mass is 35.5. The van der Waals surface area contributed by atoms with E-state index in [1.54, 1.807) is 0 Å². The van der Waals surface area contributed by atoms with Crippen LogP contribution in [0.1, 0.15) is 5.56 Å². The molecule has 4 heteroatoms. The summed E-state index contributed by atoms with van der Waals surface area (Å²) in [5.74, 6) is -2.56. The van der Waals surface area contributed by atoms with Gasteiger partial charge in [0.05, 0.1) is 5.88 Å². The van der Waals surface area contributed by atoms with Gasteiger partial charge in [0, 0.05) is 11.6 Å². The predicted octanol–water partition coefficient (Wildman–Crippen LogP) is 2.41. The van der Waals surface area contributed by atoms with E-state index in [4.69, 9.17) is 16.7 Å². The number of rotatable bonds is 1. The van der Waals surface area contributed by atoms with E-state index in [-0.39, 0.29) is 17.2 Å². The summed E-state index contributed by atoms with van der Waals surface area (Å²) in [5.41, 5.74) is -0.0378. The maximum absolute atomic E-state index is 12.6. The van der Waals surface area contributed by atoms with Crippen LogP contribution in [0.15, 0.2) is 12.1 Å². The van der Waals surface area contributed by atoms with Gasteiger partial charge in [-0.2, -0.15) is 0 Å². The van der Waals surface area contributed by atoms with Crippen LogP contribution in [0.2, 0.25) is 0 Å². The number of aromatic hydroxyl groups is 1. The fourth-order valence-corrected chi connectivity index (χ4v) is 0.922. The Morgan fingerprint density at radius 3 is 2.55 bits per heavy atom. The average molecular weight is 179 g/mol. The van der Waals surface area contributed by atoms with Crippen LogP contribution < -0.4 is 0 Å². The van der Waals surface area contributed by atoms with Crippen molar-refractivity contribution in [3.8, 4) is 5.75 Å². The van der Waals surface area contributed by atoms with E-state index in [0.29, 0.717) is 6.07 Å². The number of hydrogen-bond donors (Lipinski definition) is 1. The summed E-state index contributed by atoms with van der Waals surface area (Å²) in [6.07, 6.45) is 0. The first-order valence-electron chi connectivity index (χ1n) is 2.88. The minimum Gasteiger partial charge on any atom is -0.508 e. The van der Waals surface area contributed by atoms with Crippen molar-refractivity contribution in [1.29, 1.82) is 0 Å². The van der Waals surface area contributed by atoms with Gasteiger partial charge in [-0.15, -0.1) is 11.6 Å². The number of benzene rings is 1. The van der Waals surface area contributed by atoms with Crippen LogP contribution >= 0.6 is 11.6 Å². The van der Waals surface area contributed by atoms with Crippen LogP contribution in [0.3, 0.4) is 0 Å². The predicted molar refractivity (Wildman–Crippen MR) is 37.6 cm³/mol. The fourth-order valence-electron chi connectivity index (χ4n) is 0.727. The maximum Gasteiger partial charge on any atom is 0.163 e. The van der Waals surface area contributed by atoms with Crippen molar-refractivity contribution in [2.24, 2.45) is 0 Å². The molecule has 1 aromatic carbocycles. The van der Waals surface area contributed by atoms with Crippen molar-refractivity contribution in [2.45, 2.75) is 5.88 Å². The Hall–Kier alpha value is -0.830. The van der Waals surface area contributed by atoms with Crippen LogP contribution in [0.25, 0.3) is 0 Å². The van der Waals surface area contributed by atoms with Gasteiger partial charge in [-0.25, -0.2) is 8.78 Å². The Kier molecular flexibility index (Phi) is 2.29. The standard InChI is InChI=1S/C7H5ClF2O/c8-3-4-1-5(11)2-6(9)7(4)10/h1-2,11H,3H2. The van der Waals surface area contributed by atoms with Crippen molar-refractivity contribution in [3.63, 3.8) is 0 Å². The third-order valence-corrected chi connectivity index (χ3v) is 1.52. The monoisotopic (exact) mass is 178 g/mol. The highest BCUT2D eigenvalue weighted by Crippen LogP contribution is 2.20. The summed E-state index contributed by atoms with van der Waals surface area (Å²) in [6.45, 7) is 0. The third-order valence-electron chi connectivity index (χ3n) is 1.23. The smallest absolute Gasteiger partial charge is 0.163 e. The molecule has 0 bridgehead atoms. The van der Waals surface area contributed by atoms with Crippen LogP contribution in [0.5, 0.6) is 5.75 Å². The Morgan fingerprint density at radius 1 is 1.36 bits per heavy atom. The molecule has 0 spiro atoms. The summed E-state index contributed by atoms with van der Waals surface area (Å²) in [5, 5.41) is 8.78. The van der Waals surface area contributed by atoms with Gasteiger partial charge in [0.1, 0.15) is 5.75 Å². The van der Waals surface area contributed by atoms with Crippen LogP contribution in [-0.2, 0) is 5.88 Å². The number of hydrogen-bond acceptors (Lipinski definition) is 1. The fraction of sp³-hybridized carbons (Fsp3) is 0.143. The molecule has 60 valence electrons. The SMILES string of the molecule is Oc1cc(F)c(F)c(CCl)c1. The first kappa shape index (κ1) is 8.27. The Balaban J connectivity index is 3.24. The largest absolute Gasteiger partial charge is 0.508 e. The molecule has 0 amide bonds. The summed E-state index contributed by atoms with van der Waals surface area (Å²) >= 11 is 5.26. The van der Waals surface area contributed by atoms with Gasteiger partial charge in [0.2, 0.25) is 0 Å². The van der Waals surface area contributed by atoms with E-state index >= 15 is 0 Å². The molecule has 1 N–H and O–H groups in total. The van der Waals surface area contributed by atoms with E-state index < -0.39 is 11.6 Å². The van der Waals surface area contributed by atoms with Gasteiger partial charge in [-0.05, 0) is 6.07 Å². The number of halogens is 3. The van der Waals surface area contributed by atoms with Gasteiger partial charge in [-0.1, -0.05) is 0 Å². The molecule has 0 aliphatic rings. The van der Waals surface area contributed by atoms with Gasteiger partial charge >= 0.3 is 0 Å². The van der Waals surface area contributed by atoms with Crippen molar-refractivity contribution >= 4 is 11.6 Å². The molecule has 0 fully saturated rings. The Bertz CT molecular complexity index is 275. The lowest BCUT2D eigenvalue weighted by Crippen LogP contribution is -1.90. The van der Waals surface area contributed by atoms with Crippen molar-refractivity contribution in [2.75, 3.05) is 0 Å². The lowest BCUT2D eigenvalue weighted by Gasteiger charge is -1.99. The zero-order valence-electron chi connectivity index (χ0n) is 5.44. The van der Waals surface area contributed by atoms with Gasteiger partial charge < -0.3 is 5.11 Å². The zero-order valence-corrected chi connectivity index (χ0v) is 6.20. The lowest BCUT2D eigenvalue weighted by molar-refractivity contribution is 0.451. The van der Waals surface area contributed by atoms with E-state index in [9.17, 15) is 8.78 Å². The van der Waals surface area contributed by atoms with E-state index in [1.165, 1.54) is 0 Å². The topological polar surface area (TPSA) is 20.2 Å². The quantitative estimate of drug-likeness (QED) is 0.655. The summed E-state index contributed by atoms with van der Waals surface area (Å²) in [6, 6.07) is 1.79. The summed E-state index contributed by atoms with van der Waals surface area (Å²) in [7, 11) is 0. The second kappa shape index (κ2) is 3.05. The molecule has 0 radical (unpaired) electrons. The molecule has 0 aliphatic carbocycles. The van der Waals surface area contributed by atoms with E-state index in [2.05, 4.69) is 0 Å². The molecule has 1 nitrogen and oxygen atoms in total. The normalized spacial score (nSPS) is 10.1. The average Bonchev–Trinajstić information content (AvgIpc) is 1.96. The number of phenols is 1. The maximum atomic E-state index is 12.6. The summed E-state index contributed by atoms with van der Waals surface area (Å²) < 4.78 is 25.0. The molecule has 1 rings (SSSR count). The molecular weight excluding hydrogens is 174 g/mol. The van der Waals surface area contributed by atoms with Gasteiger partial charge in [0.15, 0.2) is 11.6 Å². The van der Waals surface area contributed by atoms with Crippen LogP contribution in [0, 0.1) is 11.6 Å². The van der Waals surface area contributed by atoms with Gasteiger partial charge in [-0.3, -0.25) is 0 Å². The minimum atomic E-state index is -1.08. The molecule has 0 heterocycles. The van der Waals surface area contributed by atoms with Gasteiger partial charge in [0.25, 0.3) is 0 Å². The van der Waals surface area contributed by atoms with Crippen molar-refractivity contribution in [3.05, 3.63) is 29.3 Å². The first-order chi connectivity index (χ1) is 5.15. The van der Waals surface area contributed by atoms with Crippen LogP contribution in [-0.4, -0.2) is 5.11 Å². The molecule has 0 saturated carbocycles. The first-order valence-corrected chi connectivity index (χ1v) is 3.41. The van der Waals surface area contributed by atoms with Crippen molar-refractivity contribution < 1.29 is 13.9 Å². The van der Waals surface area contributed by atoms with Crippen molar-refractivity contribution in [1.82, 2.24) is 0 Å². The summed E-state index contributed by atoms with van der Waals surface area (Å²) in [4.78, 5) is 0. The number of alkyl halides is 1. The number of phenolic OH excluding ortho intramolecular Hbond substituents is 1. The Labute approximate surface area is 67.2 Å². The molecule has 1 aromatic rings. The lowest BCUT2D eigenvalue weighted by atomic mass is 10.2. The molecular formula is C7H5ClF2O. The minimum absolute atomic E-state index is 0.0378. The third kappa shape index (κ3) is 1.60. The highest BCUT2D eigenvalue weighted by Gasteiger charge is 2.08.